The van der Waals surface area contributed by atoms with E-state index in [1.54, 1.807) is 36.5 Å². The Morgan fingerprint density at radius 3 is 2.87 bits per heavy atom. The van der Waals surface area contributed by atoms with Crippen LogP contribution in [0.3, 0.4) is 0 Å². The SMILES string of the molecule is Nc1ccnc(Nc2cccc(O)c2)n1. The number of hydrogen-bond acceptors (Lipinski definition) is 5. The van der Waals surface area contributed by atoms with Gasteiger partial charge in [0.05, 0.1) is 0 Å². The molecule has 5 nitrogen and oxygen atoms in total. The van der Waals surface area contributed by atoms with Gasteiger partial charge in [-0.3, -0.25) is 0 Å². The number of rotatable bonds is 2. The summed E-state index contributed by atoms with van der Waals surface area (Å²) in [5.41, 5.74) is 6.21. The minimum Gasteiger partial charge on any atom is -0.508 e. The summed E-state index contributed by atoms with van der Waals surface area (Å²) in [5, 5.41) is 12.2. The average Bonchev–Trinajstić information content (AvgIpc) is 2.17. The molecule has 0 aliphatic carbocycles. The molecule has 0 spiro atoms. The summed E-state index contributed by atoms with van der Waals surface area (Å²) < 4.78 is 0. The third-order valence-corrected chi connectivity index (χ3v) is 1.78. The lowest BCUT2D eigenvalue weighted by molar-refractivity contribution is 0.475. The Balaban J connectivity index is 2.22. The molecule has 0 bridgehead atoms. The molecule has 2 rings (SSSR count). The molecular weight excluding hydrogens is 192 g/mol. The quantitative estimate of drug-likeness (QED) is 0.687. The van der Waals surface area contributed by atoms with Crippen molar-refractivity contribution in [1.29, 1.82) is 0 Å². The summed E-state index contributed by atoms with van der Waals surface area (Å²) >= 11 is 0. The molecule has 1 heterocycles. The van der Waals surface area contributed by atoms with Crippen LogP contribution in [0.1, 0.15) is 0 Å². The predicted octanol–water partition coefficient (Wildman–Crippen LogP) is 1.51. The number of nitrogens with one attached hydrogen (secondary N) is 1. The second kappa shape index (κ2) is 3.83. The highest BCUT2D eigenvalue weighted by Gasteiger charge is 1.98. The van der Waals surface area contributed by atoms with E-state index in [4.69, 9.17) is 5.73 Å². The summed E-state index contributed by atoms with van der Waals surface area (Å²) in [5.74, 6) is 0.983. The molecule has 0 atom stereocenters. The lowest BCUT2D eigenvalue weighted by Crippen LogP contribution is -1.99. The number of phenols is 1. The maximum Gasteiger partial charge on any atom is 0.229 e. The molecule has 0 aliphatic rings. The molecule has 0 radical (unpaired) electrons. The number of hydrogen-bond donors (Lipinski definition) is 3. The van der Waals surface area contributed by atoms with E-state index in [-0.39, 0.29) is 5.75 Å². The molecule has 0 unspecified atom stereocenters. The number of nitrogens with zero attached hydrogens (tertiary/aromatic N) is 2. The molecule has 1 aromatic carbocycles. The van der Waals surface area contributed by atoms with E-state index in [0.717, 1.165) is 0 Å². The van der Waals surface area contributed by atoms with Gasteiger partial charge in [0.15, 0.2) is 0 Å². The largest absolute Gasteiger partial charge is 0.508 e. The molecule has 2 aromatic rings. The molecule has 0 fully saturated rings. The number of aromatic nitrogens is 2. The van der Waals surface area contributed by atoms with E-state index in [2.05, 4.69) is 15.3 Å². The van der Waals surface area contributed by atoms with Crippen LogP contribution in [0.25, 0.3) is 0 Å². The van der Waals surface area contributed by atoms with Crippen LogP contribution in [0.4, 0.5) is 17.5 Å². The van der Waals surface area contributed by atoms with Gasteiger partial charge in [0.25, 0.3) is 0 Å². The molecule has 4 N–H and O–H groups in total. The van der Waals surface area contributed by atoms with Crippen molar-refractivity contribution in [3.63, 3.8) is 0 Å². The summed E-state index contributed by atoms with van der Waals surface area (Å²) in [7, 11) is 0. The Bertz CT molecular complexity index is 429. The number of aromatic hydroxyl groups is 1. The Labute approximate surface area is 86.6 Å². The van der Waals surface area contributed by atoms with E-state index in [9.17, 15) is 5.11 Å². The maximum absolute atomic E-state index is 9.24. The minimum absolute atomic E-state index is 0.184. The van der Waals surface area contributed by atoms with Crippen molar-refractivity contribution in [1.82, 2.24) is 9.97 Å². The summed E-state index contributed by atoms with van der Waals surface area (Å²) in [4.78, 5) is 7.95. The first-order valence-corrected chi connectivity index (χ1v) is 4.38. The van der Waals surface area contributed by atoms with Crippen LogP contribution in [0.15, 0.2) is 36.5 Å². The Morgan fingerprint density at radius 2 is 2.13 bits per heavy atom. The zero-order valence-electron chi connectivity index (χ0n) is 7.88. The molecule has 0 saturated heterocycles. The van der Waals surface area contributed by atoms with E-state index in [1.807, 2.05) is 0 Å². The van der Waals surface area contributed by atoms with Gasteiger partial charge in [0, 0.05) is 18.0 Å². The van der Waals surface area contributed by atoms with Gasteiger partial charge in [-0.15, -0.1) is 0 Å². The highest BCUT2D eigenvalue weighted by molar-refractivity contribution is 5.56. The van der Waals surface area contributed by atoms with Crippen molar-refractivity contribution >= 4 is 17.5 Å². The van der Waals surface area contributed by atoms with E-state index < -0.39 is 0 Å². The second-order valence-corrected chi connectivity index (χ2v) is 2.98. The van der Waals surface area contributed by atoms with Crippen molar-refractivity contribution in [3.05, 3.63) is 36.5 Å². The topological polar surface area (TPSA) is 84.1 Å². The van der Waals surface area contributed by atoms with Gasteiger partial charge in [0.2, 0.25) is 5.95 Å². The summed E-state index contributed by atoms with van der Waals surface area (Å²) in [6, 6.07) is 8.29. The van der Waals surface area contributed by atoms with Gasteiger partial charge in [-0.1, -0.05) is 6.07 Å². The van der Waals surface area contributed by atoms with E-state index >= 15 is 0 Å². The molecule has 5 heteroatoms. The highest BCUT2D eigenvalue weighted by Crippen LogP contribution is 2.18. The third-order valence-electron chi connectivity index (χ3n) is 1.78. The number of nitrogen functional groups attached to an aromatic ring is 1. The standard InChI is InChI=1S/C10H10N4O/c11-9-4-5-12-10(14-9)13-7-2-1-3-8(15)6-7/h1-6,15H,(H3,11,12,13,14). The normalized spacial score (nSPS) is 9.87. The Kier molecular flexibility index (Phi) is 2.37. The fraction of sp³-hybridized carbons (Fsp3) is 0. The number of phenolic OH excluding ortho intramolecular Hbond substituents is 1. The molecule has 15 heavy (non-hydrogen) atoms. The van der Waals surface area contributed by atoms with Gasteiger partial charge in [0.1, 0.15) is 11.6 Å². The predicted molar refractivity (Wildman–Crippen MR) is 57.8 cm³/mol. The van der Waals surface area contributed by atoms with Crippen molar-refractivity contribution in [2.45, 2.75) is 0 Å². The Hall–Kier alpha value is -2.30. The molecule has 0 amide bonds. The highest BCUT2D eigenvalue weighted by atomic mass is 16.3. The van der Waals surface area contributed by atoms with Crippen LogP contribution in [0, 0.1) is 0 Å². The maximum atomic E-state index is 9.24. The fourth-order valence-corrected chi connectivity index (χ4v) is 1.15. The van der Waals surface area contributed by atoms with E-state index in [0.29, 0.717) is 17.5 Å². The zero-order valence-corrected chi connectivity index (χ0v) is 7.88. The minimum atomic E-state index is 0.184. The van der Waals surface area contributed by atoms with Gasteiger partial charge in [-0.25, -0.2) is 4.98 Å². The number of benzene rings is 1. The molecule has 0 aliphatic heterocycles. The lowest BCUT2D eigenvalue weighted by Gasteiger charge is -2.04. The zero-order chi connectivity index (χ0) is 10.7. The van der Waals surface area contributed by atoms with Crippen LogP contribution < -0.4 is 11.1 Å². The van der Waals surface area contributed by atoms with Crippen LogP contribution >= 0.6 is 0 Å². The van der Waals surface area contributed by atoms with Gasteiger partial charge < -0.3 is 16.2 Å². The monoisotopic (exact) mass is 202 g/mol. The van der Waals surface area contributed by atoms with Crippen LogP contribution in [-0.2, 0) is 0 Å². The molecule has 0 saturated carbocycles. The molecule has 76 valence electrons. The number of nitrogens with two attached hydrogens (primary N) is 1. The fourth-order valence-electron chi connectivity index (χ4n) is 1.15. The first-order valence-electron chi connectivity index (χ1n) is 4.38. The summed E-state index contributed by atoms with van der Waals surface area (Å²) in [6.07, 6.45) is 1.56. The first-order chi connectivity index (χ1) is 7.24. The average molecular weight is 202 g/mol. The van der Waals surface area contributed by atoms with Crippen molar-refractivity contribution in [2.75, 3.05) is 11.1 Å². The van der Waals surface area contributed by atoms with Gasteiger partial charge in [-0.2, -0.15) is 4.98 Å². The van der Waals surface area contributed by atoms with Crippen LogP contribution in [-0.4, -0.2) is 15.1 Å². The summed E-state index contributed by atoms with van der Waals surface area (Å²) in [6.45, 7) is 0. The van der Waals surface area contributed by atoms with Crippen LogP contribution in [0.2, 0.25) is 0 Å². The molecular formula is C10H10N4O. The van der Waals surface area contributed by atoms with E-state index in [1.165, 1.54) is 0 Å². The van der Waals surface area contributed by atoms with Gasteiger partial charge in [-0.05, 0) is 18.2 Å². The first kappa shape index (κ1) is 9.26. The smallest absolute Gasteiger partial charge is 0.229 e. The van der Waals surface area contributed by atoms with Gasteiger partial charge >= 0.3 is 0 Å². The third kappa shape index (κ3) is 2.34. The van der Waals surface area contributed by atoms with Crippen LogP contribution in [0.5, 0.6) is 5.75 Å². The molecule has 1 aromatic heterocycles. The van der Waals surface area contributed by atoms with Crippen molar-refractivity contribution in [3.8, 4) is 5.75 Å². The second-order valence-electron chi connectivity index (χ2n) is 2.98. The van der Waals surface area contributed by atoms with Crippen molar-refractivity contribution < 1.29 is 5.11 Å². The Morgan fingerprint density at radius 1 is 1.27 bits per heavy atom. The number of anilines is 3. The lowest BCUT2D eigenvalue weighted by atomic mass is 10.3. The van der Waals surface area contributed by atoms with Crippen molar-refractivity contribution in [2.24, 2.45) is 0 Å².